The molecular formula is C54H54N4O13. The van der Waals surface area contributed by atoms with Crippen LogP contribution < -0.4 is 26.0 Å². The molecule has 2 unspecified atom stereocenters. The molecule has 0 fully saturated rings. The predicted molar refractivity (Wildman–Crippen MR) is 265 cm³/mol. The molecule has 0 heterocycles. The maximum atomic E-state index is 14.0. The highest BCUT2D eigenvalue weighted by Crippen LogP contribution is 2.28. The monoisotopic (exact) mass is 966 g/mol. The molecule has 0 radical (unpaired) electrons. The van der Waals surface area contributed by atoms with E-state index in [1.54, 1.807) is 50.2 Å². The van der Waals surface area contributed by atoms with Crippen LogP contribution in [0.15, 0.2) is 133 Å². The standard InChI is InChI=1S/C54H54N4O13/c1-31(2)51(63)69-34(6)25-27-67-53(65)43-23-21-41(29-45(43)49(61)55-8)71-42-22-24-44(54(66)68-28-26-35(7)70-52(64)32(3)4)46(30-42)50(62)58-38-15-13-37(14-16-38)48(60)57-40-19-17-39(18-20-40)56-47(59)36-11-9-33(5)10-12-36/h9-24,29-30,34-35H,1,3,25-28H2,2,4-8H3,(H,55,61)(H,56,59)(H,57,60)(H,58,62). The third-order valence-corrected chi connectivity index (χ3v) is 10.3. The number of carbonyl (C=O) groups is 8. The van der Waals surface area contributed by atoms with E-state index in [4.69, 9.17) is 23.7 Å². The predicted octanol–water partition coefficient (Wildman–Crippen LogP) is 9.01. The number of benzene rings is 5. The van der Waals surface area contributed by atoms with E-state index in [-0.39, 0.29) is 88.1 Å². The molecule has 4 N–H and O–H groups in total. The minimum absolute atomic E-state index is 0.0530. The molecule has 2 atom stereocenters. The minimum Gasteiger partial charge on any atom is -0.462 e. The highest BCUT2D eigenvalue weighted by atomic mass is 16.6. The highest BCUT2D eigenvalue weighted by Gasteiger charge is 2.24. The van der Waals surface area contributed by atoms with Gasteiger partial charge in [-0.05, 0) is 132 Å². The van der Waals surface area contributed by atoms with Crippen molar-refractivity contribution in [1.29, 1.82) is 0 Å². The van der Waals surface area contributed by atoms with Gasteiger partial charge in [0.2, 0.25) is 0 Å². The summed E-state index contributed by atoms with van der Waals surface area (Å²) in [4.78, 5) is 103. The van der Waals surface area contributed by atoms with E-state index in [2.05, 4.69) is 34.4 Å². The lowest BCUT2D eigenvalue weighted by Gasteiger charge is -2.16. The molecule has 368 valence electrons. The summed E-state index contributed by atoms with van der Waals surface area (Å²) >= 11 is 0. The van der Waals surface area contributed by atoms with Crippen molar-refractivity contribution in [3.8, 4) is 11.5 Å². The maximum Gasteiger partial charge on any atom is 0.338 e. The Morgan fingerprint density at radius 3 is 1.25 bits per heavy atom. The molecule has 17 heteroatoms. The van der Waals surface area contributed by atoms with Crippen LogP contribution in [0.2, 0.25) is 0 Å². The van der Waals surface area contributed by atoms with Crippen LogP contribution in [0.3, 0.4) is 0 Å². The van der Waals surface area contributed by atoms with Gasteiger partial charge in [0.05, 0.1) is 35.5 Å². The van der Waals surface area contributed by atoms with Gasteiger partial charge in [-0.3, -0.25) is 19.2 Å². The van der Waals surface area contributed by atoms with Crippen molar-refractivity contribution >= 4 is 64.6 Å². The summed E-state index contributed by atoms with van der Waals surface area (Å²) in [5.41, 5.74) is 3.00. The van der Waals surface area contributed by atoms with Gasteiger partial charge in [0.25, 0.3) is 23.6 Å². The van der Waals surface area contributed by atoms with E-state index in [1.807, 2.05) is 19.1 Å². The molecule has 5 rings (SSSR count). The van der Waals surface area contributed by atoms with Gasteiger partial charge in [-0.15, -0.1) is 0 Å². The Kier molecular flexibility index (Phi) is 18.7. The molecule has 5 aromatic carbocycles. The lowest BCUT2D eigenvalue weighted by molar-refractivity contribution is -0.144. The Hall–Kier alpha value is -8.86. The summed E-state index contributed by atoms with van der Waals surface area (Å²) in [5, 5.41) is 10.8. The number of anilines is 3. The number of hydrogen-bond donors (Lipinski definition) is 4. The molecule has 17 nitrogen and oxygen atoms in total. The third-order valence-electron chi connectivity index (χ3n) is 10.3. The van der Waals surface area contributed by atoms with Gasteiger partial charge in [0.15, 0.2) is 0 Å². The Morgan fingerprint density at radius 2 is 0.859 bits per heavy atom. The van der Waals surface area contributed by atoms with E-state index in [1.165, 1.54) is 81.6 Å². The number of nitrogens with one attached hydrogen (secondary N) is 4. The Morgan fingerprint density at radius 1 is 0.493 bits per heavy atom. The number of hydrogen-bond acceptors (Lipinski definition) is 13. The van der Waals surface area contributed by atoms with Gasteiger partial charge in [0.1, 0.15) is 23.7 Å². The fourth-order valence-corrected chi connectivity index (χ4v) is 6.30. The van der Waals surface area contributed by atoms with Gasteiger partial charge >= 0.3 is 23.9 Å². The quantitative estimate of drug-likeness (QED) is 0.0306. The summed E-state index contributed by atoms with van der Waals surface area (Å²) in [7, 11) is 1.38. The van der Waals surface area contributed by atoms with Crippen LogP contribution in [0.25, 0.3) is 0 Å². The van der Waals surface area contributed by atoms with Crippen molar-refractivity contribution in [1.82, 2.24) is 5.32 Å². The number of aryl methyl sites for hydroxylation is 1. The van der Waals surface area contributed by atoms with Gasteiger partial charge in [-0.2, -0.15) is 0 Å². The second kappa shape index (κ2) is 25.0. The number of amides is 4. The molecule has 0 spiro atoms. The van der Waals surface area contributed by atoms with E-state index in [0.717, 1.165) is 5.56 Å². The van der Waals surface area contributed by atoms with E-state index in [0.29, 0.717) is 16.9 Å². The van der Waals surface area contributed by atoms with Crippen LogP contribution in [-0.2, 0) is 28.5 Å². The molecular weight excluding hydrogens is 913 g/mol. The molecule has 0 bridgehead atoms. The molecule has 0 aliphatic heterocycles. The number of ether oxygens (including phenoxy) is 5. The van der Waals surface area contributed by atoms with E-state index < -0.39 is 53.8 Å². The molecule has 5 aromatic rings. The summed E-state index contributed by atoms with van der Waals surface area (Å²) < 4.78 is 27.4. The fourth-order valence-electron chi connectivity index (χ4n) is 6.30. The number of carbonyl (C=O) groups excluding carboxylic acids is 8. The summed E-state index contributed by atoms with van der Waals surface area (Å²) in [6.45, 7) is 15.0. The maximum absolute atomic E-state index is 14.0. The molecule has 0 aromatic heterocycles. The van der Waals surface area contributed by atoms with Crippen LogP contribution in [0.4, 0.5) is 17.1 Å². The summed E-state index contributed by atoms with van der Waals surface area (Å²) in [6.07, 6.45) is -0.862. The van der Waals surface area contributed by atoms with Gasteiger partial charge in [-0.25, -0.2) is 19.2 Å². The normalized spacial score (nSPS) is 11.4. The zero-order valence-electron chi connectivity index (χ0n) is 40.1. The van der Waals surface area contributed by atoms with Crippen LogP contribution in [0.5, 0.6) is 11.5 Å². The zero-order chi connectivity index (χ0) is 51.8. The molecule has 0 saturated heterocycles. The fraction of sp³-hybridized carbons (Fsp3) is 0.222. The van der Waals surface area contributed by atoms with Crippen LogP contribution in [-0.4, -0.2) is 80.0 Å². The number of esters is 4. The first-order chi connectivity index (χ1) is 33.8. The van der Waals surface area contributed by atoms with Crippen LogP contribution in [0.1, 0.15) is 108 Å². The third kappa shape index (κ3) is 15.6. The summed E-state index contributed by atoms with van der Waals surface area (Å²) in [6, 6.07) is 27.8. The van der Waals surface area contributed by atoms with Gasteiger partial charge < -0.3 is 45.0 Å². The first kappa shape index (κ1) is 53.1. The van der Waals surface area contributed by atoms with Crippen LogP contribution in [0, 0.1) is 6.92 Å². The van der Waals surface area contributed by atoms with E-state index >= 15 is 0 Å². The van der Waals surface area contributed by atoms with Crippen molar-refractivity contribution < 1.29 is 62.0 Å². The molecule has 0 saturated carbocycles. The lowest BCUT2D eigenvalue weighted by Crippen LogP contribution is -2.23. The minimum atomic E-state index is -0.873. The first-order valence-electron chi connectivity index (χ1n) is 22.3. The van der Waals surface area contributed by atoms with Gasteiger partial charge in [-0.1, -0.05) is 30.9 Å². The average Bonchev–Trinajstić information content (AvgIpc) is 3.34. The first-order valence-corrected chi connectivity index (χ1v) is 22.3. The Labute approximate surface area is 410 Å². The highest BCUT2D eigenvalue weighted by molar-refractivity contribution is 6.12. The Bertz CT molecular complexity index is 2840. The topological polar surface area (TPSA) is 231 Å². The SMILES string of the molecule is C=C(C)C(=O)OC(C)CCOC(=O)c1ccc(Oc2ccc(C(=O)OCCC(C)OC(=O)C(=C)C)c(C(=O)Nc3ccc(C(=O)Nc4ccc(NC(=O)c5ccc(C)cc5)cc4)cc3)c2)cc1C(=O)NC. The second-order valence-corrected chi connectivity index (χ2v) is 16.3. The van der Waals surface area contributed by atoms with Crippen molar-refractivity contribution in [2.24, 2.45) is 0 Å². The average molecular weight is 967 g/mol. The molecule has 71 heavy (non-hydrogen) atoms. The van der Waals surface area contributed by atoms with Crippen LogP contribution >= 0.6 is 0 Å². The van der Waals surface area contributed by atoms with Crippen molar-refractivity contribution in [2.45, 2.75) is 59.7 Å². The Balaban J connectivity index is 1.30. The molecule has 0 aliphatic carbocycles. The van der Waals surface area contributed by atoms with Gasteiger partial charge in [0, 0.05) is 59.2 Å². The second-order valence-electron chi connectivity index (χ2n) is 16.3. The summed E-state index contributed by atoms with van der Waals surface area (Å²) in [5.74, 6) is -4.85. The van der Waals surface area contributed by atoms with Crippen molar-refractivity contribution in [3.63, 3.8) is 0 Å². The van der Waals surface area contributed by atoms with Crippen molar-refractivity contribution in [2.75, 3.05) is 36.2 Å². The number of rotatable bonds is 21. The van der Waals surface area contributed by atoms with E-state index in [9.17, 15) is 38.4 Å². The molecule has 4 amide bonds. The molecule has 0 aliphatic rings. The van der Waals surface area contributed by atoms with Crippen molar-refractivity contribution in [3.05, 3.63) is 172 Å². The largest absolute Gasteiger partial charge is 0.462 e. The smallest absolute Gasteiger partial charge is 0.338 e. The lowest BCUT2D eigenvalue weighted by atomic mass is 10.1. The zero-order valence-corrected chi connectivity index (χ0v) is 40.1.